The van der Waals surface area contributed by atoms with E-state index >= 15 is 0 Å². The molecule has 0 fully saturated rings. The molecule has 48 heavy (non-hydrogen) atoms. The second-order valence-electron chi connectivity index (χ2n) is 10.1. The Balaban J connectivity index is 0.000000166. The highest BCUT2D eigenvalue weighted by Gasteiger charge is 2.31. The minimum atomic E-state index is -1.28. The van der Waals surface area contributed by atoms with Crippen LogP contribution in [0.1, 0.15) is 58.7 Å². The van der Waals surface area contributed by atoms with Crippen LogP contribution in [0.2, 0.25) is 0 Å². The van der Waals surface area contributed by atoms with Gasteiger partial charge in [0.05, 0.1) is 25.4 Å². The van der Waals surface area contributed by atoms with E-state index in [2.05, 4.69) is 0 Å². The van der Waals surface area contributed by atoms with Crippen molar-refractivity contribution < 1.29 is 52.1 Å². The fourth-order valence-electron chi connectivity index (χ4n) is 4.90. The van der Waals surface area contributed by atoms with Gasteiger partial charge in [-0.2, -0.15) is 0 Å². The Hall–Kier alpha value is -6.36. The summed E-state index contributed by atoms with van der Waals surface area (Å²) in [5.74, 6) is -4.68. The van der Waals surface area contributed by atoms with E-state index in [1.807, 2.05) is 0 Å². The van der Waals surface area contributed by atoms with Crippen molar-refractivity contribution in [1.82, 2.24) is 0 Å². The normalized spacial score (nSPS) is 13.5. The third-order valence-corrected chi connectivity index (χ3v) is 7.26. The van der Waals surface area contributed by atoms with Crippen LogP contribution in [0.5, 0.6) is 11.5 Å². The minimum Gasteiger partial charge on any atom is -0.495 e. The number of benzene rings is 4. The van der Waals surface area contributed by atoms with E-state index in [9.17, 15) is 37.5 Å². The van der Waals surface area contributed by atoms with Crippen molar-refractivity contribution in [2.24, 2.45) is 0 Å². The molecule has 0 saturated heterocycles. The molecule has 6 rings (SSSR count). The van der Waals surface area contributed by atoms with Gasteiger partial charge in [-0.3, -0.25) is 24.0 Å². The fraction of sp³-hybridized carbons (Fsp3) is 0.0811. The number of carbonyl (C=O) groups excluding carboxylic acids is 5. The number of ketones is 4. The molecule has 0 atom stereocenters. The molecule has 0 aromatic heterocycles. The minimum absolute atomic E-state index is 0.00451. The molecule has 9 nitrogen and oxygen atoms in total. The van der Waals surface area contributed by atoms with Crippen LogP contribution in [0.3, 0.4) is 0 Å². The fourth-order valence-corrected chi connectivity index (χ4v) is 4.90. The summed E-state index contributed by atoms with van der Waals surface area (Å²) in [7, 11) is 2.77. The maximum Gasteiger partial charge on any atom is 0.331 e. The quantitative estimate of drug-likeness (QED) is 0.183. The van der Waals surface area contributed by atoms with E-state index in [4.69, 9.17) is 14.6 Å². The van der Waals surface area contributed by atoms with Crippen molar-refractivity contribution in [2.75, 3.05) is 14.2 Å². The number of aldehydes is 1. The lowest BCUT2D eigenvalue weighted by molar-refractivity contribution is -0.132. The lowest BCUT2D eigenvalue weighted by atomic mass is 9.88. The number of carbonyl (C=O) groups is 6. The number of allylic oxidation sites excluding steroid dienone is 5. The van der Waals surface area contributed by atoms with Gasteiger partial charge >= 0.3 is 5.97 Å². The molecule has 242 valence electrons. The van der Waals surface area contributed by atoms with Crippen molar-refractivity contribution in [3.8, 4) is 11.5 Å². The molecule has 0 unspecified atom stereocenters. The molecule has 0 bridgehead atoms. The van der Waals surface area contributed by atoms with Crippen LogP contribution in [0.15, 0.2) is 108 Å². The summed E-state index contributed by atoms with van der Waals surface area (Å²) in [6.07, 6.45) is 3.94. The van der Waals surface area contributed by atoms with Crippen molar-refractivity contribution >= 4 is 46.2 Å². The predicted octanol–water partition coefficient (Wildman–Crippen LogP) is 6.75. The number of methoxy groups -OCH3 is 2. The van der Waals surface area contributed by atoms with E-state index in [-0.39, 0.29) is 45.3 Å². The van der Waals surface area contributed by atoms with E-state index in [1.165, 1.54) is 51.5 Å². The highest BCUT2D eigenvalue weighted by Crippen LogP contribution is 2.38. The van der Waals surface area contributed by atoms with Gasteiger partial charge in [0.2, 0.25) is 5.78 Å². The molecular weight excluding hydrogens is 626 g/mol. The van der Waals surface area contributed by atoms with Gasteiger partial charge in [-0.25, -0.2) is 13.6 Å². The van der Waals surface area contributed by atoms with Crippen molar-refractivity contribution in [1.29, 1.82) is 0 Å². The number of carboxylic acid groups (broad SMARTS) is 1. The Morgan fingerprint density at radius 1 is 0.688 bits per heavy atom. The largest absolute Gasteiger partial charge is 0.495 e. The zero-order valence-electron chi connectivity index (χ0n) is 25.7. The lowest BCUT2D eigenvalue weighted by Gasteiger charge is -2.14. The van der Waals surface area contributed by atoms with Gasteiger partial charge in [0, 0.05) is 38.6 Å². The molecule has 0 radical (unpaired) electrons. The summed E-state index contributed by atoms with van der Waals surface area (Å²) in [5.41, 5.74) is 0.237. The number of rotatable bonds is 5. The monoisotopic (exact) mass is 652 g/mol. The first-order valence-corrected chi connectivity index (χ1v) is 14.1. The number of halogens is 2. The van der Waals surface area contributed by atoms with E-state index in [1.54, 1.807) is 54.6 Å². The molecule has 0 aliphatic heterocycles. The molecule has 2 aliphatic rings. The average Bonchev–Trinajstić information content (AvgIpc) is 3.10. The SMILES string of the molecule is C/C(=C\C1=C(F)C(=O)c2ccccc2C1=O)C(=O)O.COc1c(F)c(C=O)c(OC)c2ccccc12.O=C1C=CC(=O)c2ccccc21. The Labute approximate surface area is 272 Å². The zero-order valence-corrected chi connectivity index (χ0v) is 25.7. The first kappa shape index (κ1) is 34.5. The van der Waals surface area contributed by atoms with E-state index in [0.717, 1.165) is 6.08 Å². The molecule has 0 heterocycles. The number of Topliss-reactive ketones (excluding diaryl/α,β-unsaturated/α-hetero) is 2. The van der Waals surface area contributed by atoms with Crippen molar-refractivity contribution in [2.45, 2.75) is 6.92 Å². The Morgan fingerprint density at radius 3 is 1.58 bits per heavy atom. The molecule has 4 aromatic rings. The van der Waals surface area contributed by atoms with Gasteiger partial charge in [-0.1, -0.05) is 72.8 Å². The standard InChI is InChI=1S/C14H9FO4.C13H11FO3.C10H6O2/c1-7(14(18)19)6-10-11(15)13(17)9-5-3-2-4-8(9)12(10)16;1-16-12-8-5-3-4-6-9(8)13(17-2)11(14)10(12)7-15;11-9-5-6-10(12)8-4-2-1-3-7(8)9/h2-6H,1H3,(H,18,19);3-7H,1-2H3;1-6H/b7-6+;;. The smallest absolute Gasteiger partial charge is 0.331 e. The molecule has 0 amide bonds. The van der Waals surface area contributed by atoms with Gasteiger partial charge in [0.25, 0.3) is 0 Å². The van der Waals surface area contributed by atoms with Crippen molar-refractivity contribution in [3.63, 3.8) is 0 Å². The third kappa shape index (κ3) is 6.75. The number of hydrogen-bond donors (Lipinski definition) is 1. The molecule has 0 saturated carbocycles. The Bertz CT molecular complexity index is 2070. The number of ether oxygens (including phenoxy) is 2. The summed E-state index contributed by atoms with van der Waals surface area (Å²) in [5, 5.41) is 9.96. The Kier molecular flexibility index (Phi) is 10.7. The number of hydrogen-bond acceptors (Lipinski definition) is 8. The molecule has 0 spiro atoms. The van der Waals surface area contributed by atoms with Gasteiger partial charge in [-0.05, 0) is 25.2 Å². The number of fused-ring (bicyclic) bond motifs is 3. The van der Waals surface area contributed by atoms with Crippen molar-refractivity contribution in [3.05, 3.63) is 142 Å². The van der Waals surface area contributed by atoms with Crippen LogP contribution in [0.4, 0.5) is 8.78 Å². The summed E-state index contributed by atoms with van der Waals surface area (Å²) in [6, 6.07) is 19.7. The highest BCUT2D eigenvalue weighted by molar-refractivity contribution is 6.27. The maximum absolute atomic E-state index is 14.0. The third-order valence-electron chi connectivity index (χ3n) is 7.26. The van der Waals surface area contributed by atoms with E-state index in [0.29, 0.717) is 28.2 Å². The molecule has 1 N–H and O–H groups in total. The van der Waals surface area contributed by atoms with Gasteiger partial charge < -0.3 is 14.6 Å². The second-order valence-corrected chi connectivity index (χ2v) is 10.1. The summed E-state index contributed by atoms with van der Waals surface area (Å²) >= 11 is 0. The van der Waals surface area contributed by atoms with Gasteiger partial charge in [0.15, 0.2) is 41.0 Å². The van der Waals surface area contributed by atoms with Crippen LogP contribution in [-0.2, 0) is 4.79 Å². The second kappa shape index (κ2) is 14.8. The molecule has 4 aromatic carbocycles. The summed E-state index contributed by atoms with van der Waals surface area (Å²) < 4.78 is 38.0. The zero-order chi connectivity index (χ0) is 35.1. The average molecular weight is 653 g/mol. The van der Waals surface area contributed by atoms with Crippen LogP contribution in [-0.4, -0.2) is 54.7 Å². The molecular formula is C37H26F2O9. The Morgan fingerprint density at radius 2 is 1.12 bits per heavy atom. The maximum atomic E-state index is 14.0. The topological polar surface area (TPSA) is 141 Å². The summed E-state index contributed by atoms with van der Waals surface area (Å²) in [6.45, 7) is 1.22. The molecule has 2 aliphatic carbocycles. The molecule has 11 heteroatoms. The lowest BCUT2D eigenvalue weighted by Crippen LogP contribution is -2.19. The van der Waals surface area contributed by atoms with Crippen LogP contribution in [0.25, 0.3) is 10.8 Å². The number of aliphatic carboxylic acids is 1. The van der Waals surface area contributed by atoms with Gasteiger partial charge in [-0.15, -0.1) is 0 Å². The first-order valence-electron chi connectivity index (χ1n) is 14.1. The summed E-state index contributed by atoms with van der Waals surface area (Å²) in [4.78, 5) is 67.8. The number of carboxylic acids is 1. The van der Waals surface area contributed by atoms with Crippen LogP contribution in [0, 0.1) is 5.82 Å². The first-order chi connectivity index (χ1) is 23.0. The highest BCUT2D eigenvalue weighted by atomic mass is 19.1. The van der Waals surface area contributed by atoms with Crippen LogP contribution < -0.4 is 9.47 Å². The van der Waals surface area contributed by atoms with E-state index < -0.39 is 34.8 Å². The predicted molar refractivity (Wildman–Crippen MR) is 171 cm³/mol. The van der Waals surface area contributed by atoms with Crippen LogP contribution >= 0.6 is 0 Å². The van der Waals surface area contributed by atoms with Gasteiger partial charge in [0.1, 0.15) is 5.75 Å².